The average Bonchev–Trinajstić information content (AvgIpc) is 3.43. The second-order valence-electron chi connectivity index (χ2n) is 15.3. The number of hydrogen-bond donors (Lipinski definition) is 3. The van der Waals surface area contributed by atoms with Crippen molar-refractivity contribution < 1.29 is 28.4 Å². The molecule has 5 amide bonds. The van der Waals surface area contributed by atoms with Crippen LogP contribution in [0.5, 0.6) is 0 Å². The molecule has 2 aromatic carbocycles. The molecule has 5 aliphatic heterocycles. The molecule has 5 aliphatic rings. The standard InChI is InChI=1S/C39H45FN10O5/c40-30-20-25(42-35-33(34(41)52)45-46-39(44-35)49-14-2-1-3-15-49)4-6-27(30)24-12-16-47(17-13-24)22-23-10-18-48(19-11-23)26-5-7-28-29(21-26)38(55)50(37(28)54)31-8-9-32(51)43-36(31)53/h4-7,20-21,23-24,31H,1-3,8-19,22H2,(H2,41,52)(H,42,44,46)(H,43,51,53). The van der Waals surface area contributed by atoms with E-state index < -0.39 is 35.6 Å². The Labute approximate surface area is 317 Å². The quantitative estimate of drug-likeness (QED) is 0.271. The Morgan fingerprint density at radius 3 is 2.29 bits per heavy atom. The van der Waals surface area contributed by atoms with Crippen molar-refractivity contribution >= 4 is 52.7 Å². The summed E-state index contributed by atoms with van der Waals surface area (Å²) in [6.07, 6.45) is 7.07. The Bertz CT molecular complexity index is 2020. The number of hydrogen-bond acceptors (Lipinski definition) is 12. The van der Waals surface area contributed by atoms with Crippen LogP contribution in [0.15, 0.2) is 36.4 Å². The topological polar surface area (TPSA) is 187 Å². The van der Waals surface area contributed by atoms with E-state index in [1.807, 2.05) is 17.0 Å². The lowest BCUT2D eigenvalue weighted by Gasteiger charge is -2.38. The molecular weight excluding hydrogens is 707 g/mol. The van der Waals surface area contributed by atoms with Gasteiger partial charge in [-0.05, 0) is 112 Å². The molecule has 0 bridgehead atoms. The predicted molar refractivity (Wildman–Crippen MR) is 201 cm³/mol. The molecule has 0 spiro atoms. The van der Waals surface area contributed by atoms with Gasteiger partial charge in [0.25, 0.3) is 17.7 Å². The summed E-state index contributed by atoms with van der Waals surface area (Å²) in [6, 6.07) is 9.35. The van der Waals surface area contributed by atoms with Crippen molar-refractivity contribution in [2.75, 3.05) is 60.9 Å². The van der Waals surface area contributed by atoms with E-state index >= 15 is 4.39 Å². The van der Waals surface area contributed by atoms with E-state index in [9.17, 15) is 24.0 Å². The number of anilines is 4. The van der Waals surface area contributed by atoms with Gasteiger partial charge in [0.05, 0.1) is 11.1 Å². The molecule has 288 valence electrons. The Morgan fingerprint density at radius 1 is 0.836 bits per heavy atom. The molecular formula is C39H45FN10O5. The number of carbonyl (C=O) groups excluding carboxylic acids is 5. The van der Waals surface area contributed by atoms with E-state index in [1.54, 1.807) is 18.2 Å². The predicted octanol–water partition coefficient (Wildman–Crippen LogP) is 3.34. The number of carbonyl (C=O) groups is 5. The van der Waals surface area contributed by atoms with Crippen LogP contribution in [0.3, 0.4) is 0 Å². The van der Waals surface area contributed by atoms with Gasteiger partial charge in [-0.3, -0.25) is 34.2 Å². The Hall–Kier alpha value is -5.51. The summed E-state index contributed by atoms with van der Waals surface area (Å²) in [5.74, 6) is -1.91. The highest BCUT2D eigenvalue weighted by atomic mass is 19.1. The van der Waals surface area contributed by atoms with Gasteiger partial charge in [-0.2, -0.15) is 4.98 Å². The summed E-state index contributed by atoms with van der Waals surface area (Å²) in [6.45, 7) is 5.97. The zero-order valence-corrected chi connectivity index (χ0v) is 30.6. The van der Waals surface area contributed by atoms with Crippen LogP contribution in [-0.4, -0.2) is 106 Å². The molecule has 6 heterocycles. The Morgan fingerprint density at radius 2 is 1.58 bits per heavy atom. The number of rotatable bonds is 9. The monoisotopic (exact) mass is 752 g/mol. The van der Waals surface area contributed by atoms with Gasteiger partial charge < -0.3 is 25.8 Å². The highest BCUT2D eigenvalue weighted by Crippen LogP contribution is 2.35. The lowest BCUT2D eigenvalue weighted by molar-refractivity contribution is -0.136. The third-order valence-electron chi connectivity index (χ3n) is 11.8. The number of nitrogens with one attached hydrogen (secondary N) is 2. The van der Waals surface area contributed by atoms with Gasteiger partial charge in [0.15, 0.2) is 11.5 Å². The summed E-state index contributed by atoms with van der Waals surface area (Å²) in [5, 5.41) is 13.4. The fraction of sp³-hybridized carbons (Fsp3) is 0.487. The highest BCUT2D eigenvalue weighted by Gasteiger charge is 2.45. The number of nitrogens with two attached hydrogens (primary N) is 1. The van der Waals surface area contributed by atoms with Crippen LogP contribution in [0, 0.1) is 11.7 Å². The van der Waals surface area contributed by atoms with Crippen LogP contribution >= 0.6 is 0 Å². The SMILES string of the molecule is NC(=O)c1nnc(N2CCCCC2)nc1Nc1ccc(C2CCN(CC3CCN(c4ccc5c(c4)C(=O)N(C4CCC(=O)NC4=O)C5=O)CC3)CC2)c(F)c1. The van der Waals surface area contributed by atoms with Crippen molar-refractivity contribution in [3.8, 4) is 0 Å². The molecule has 55 heavy (non-hydrogen) atoms. The number of imide groups is 2. The van der Waals surface area contributed by atoms with Crippen molar-refractivity contribution in [1.29, 1.82) is 0 Å². The summed E-state index contributed by atoms with van der Waals surface area (Å²) < 4.78 is 15.6. The number of nitrogens with zero attached hydrogens (tertiary/aromatic N) is 7. The number of benzene rings is 2. The van der Waals surface area contributed by atoms with Crippen molar-refractivity contribution in [1.82, 2.24) is 30.3 Å². The molecule has 1 unspecified atom stereocenters. The first-order chi connectivity index (χ1) is 26.6. The van der Waals surface area contributed by atoms with Crippen molar-refractivity contribution in [3.63, 3.8) is 0 Å². The molecule has 4 fully saturated rings. The third-order valence-corrected chi connectivity index (χ3v) is 11.8. The number of likely N-dealkylation sites (tertiary alicyclic amines) is 1. The summed E-state index contributed by atoms with van der Waals surface area (Å²) in [4.78, 5) is 74.8. The van der Waals surface area contributed by atoms with Gasteiger partial charge in [0, 0.05) is 50.5 Å². The van der Waals surface area contributed by atoms with Crippen LogP contribution in [0.4, 0.5) is 27.5 Å². The van der Waals surface area contributed by atoms with Crippen LogP contribution < -0.4 is 26.2 Å². The molecule has 0 saturated carbocycles. The van der Waals surface area contributed by atoms with Crippen molar-refractivity contribution in [2.45, 2.75) is 69.7 Å². The van der Waals surface area contributed by atoms with Gasteiger partial charge in [-0.25, -0.2) is 4.39 Å². The molecule has 16 heteroatoms. The maximum absolute atomic E-state index is 15.6. The maximum atomic E-state index is 15.6. The number of piperidine rings is 4. The Balaban J connectivity index is 0.828. The highest BCUT2D eigenvalue weighted by molar-refractivity contribution is 6.23. The molecule has 4 saturated heterocycles. The fourth-order valence-corrected chi connectivity index (χ4v) is 8.69. The summed E-state index contributed by atoms with van der Waals surface area (Å²) in [5.41, 5.74) is 8.03. The third kappa shape index (κ3) is 7.46. The van der Waals surface area contributed by atoms with Gasteiger partial charge in [-0.1, -0.05) is 6.07 Å². The molecule has 1 aromatic heterocycles. The molecule has 3 aromatic rings. The lowest BCUT2D eigenvalue weighted by atomic mass is 9.88. The minimum absolute atomic E-state index is 0.0825. The number of primary amides is 1. The van der Waals surface area contributed by atoms with Crippen LogP contribution in [0.1, 0.15) is 100 Å². The minimum atomic E-state index is -0.984. The second-order valence-corrected chi connectivity index (χ2v) is 15.3. The minimum Gasteiger partial charge on any atom is -0.371 e. The van der Waals surface area contributed by atoms with E-state index in [-0.39, 0.29) is 41.7 Å². The van der Waals surface area contributed by atoms with E-state index in [1.165, 1.54) is 6.07 Å². The first kappa shape index (κ1) is 36.5. The molecule has 8 rings (SSSR count). The summed E-state index contributed by atoms with van der Waals surface area (Å²) in [7, 11) is 0. The first-order valence-corrected chi connectivity index (χ1v) is 19.3. The average molecular weight is 753 g/mol. The van der Waals surface area contributed by atoms with Gasteiger partial charge in [-0.15, -0.1) is 10.2 Å². The van der Waals surface area contributed by atoms with Crippen LogP contribution in [0.25, 0.3) is 0 Å². The molecule has 0 radical (unpaired) electrons. The fourth-order valence-electron chi connectivity index (χ4n) is 8.69. The molecule has 4 N–H and O–H groups in total. The van der Waals surface area contributed by atoms with Gasteiger partial charge >= 0.3 is 0 Å². The molecule has 1 atom stereocenters. The number of halogens is 1. The van der Waals surface area contributed by atoms with E-state index in [0.29, 0.717) is 28.7 Å². The van der Waals surface area contributed by atoms with Crippen LogP contribution in [0.2, 0.25) is 0 Å². The molecule has 0 aliphatic carbocycles. The smallest absolute Gasteiger partial charge is 0.273 e. The normalized spacial score (nSPS) is 21.5. The first-order valence-electron chi connectivity index (χ1n) is 19.3. The maximum Gasteiger partial charge on any atom is 0.273 e. The van der Waals surface area contributed by atoms with Crippen molar-refractivity contribution in [3.05, 3.63) is 64.6 Å². The second kappa shape index (κ2) is 15.3. The number of fused-ring (bicyclic) bond motifs is 1. The number of aromatic nitrogens is 3. The number of amides is 5. The lowest BCUT2D eigenvalue weighted by Crippen LogP contribution is -2.54. The van der Waals surface area contributed by atoms with E-state index in [2.05, 4.69) is 35.6 Å². The van der Waals surface area contributed by atoms with E-state index in [0.717, 1.165) is 101 Å². The van der Waals surface area contributed by atoms with Gasteiger partial charge in [0.2, 0.25) is 17.8 Å². The van der Waals surface area contributed by atoms with Crippen molar-refractivity contribution in [2.24, 2.45) is 11.7 Å². The van der Waals surface area contributed by atoms with Gasteiger partial charge in [0.1, 0.15) is 11.9 Å². The Kier molecular flexibility index (Phi) is 10.2. The summed E-state index contributed by atoms with van der Waals surface area (Å²) >= 11 is 0. The zero-order chi connectivity index (χ0) is 38.2. The molecule has 15 nitrogen and oxygen atoms in total. The van der Waals surface area contributed by atoms with E-state index in [4.69, 9.17) is 5.73 Å². The zero-order valence-electron chi connectivity index (χ0n) is 30.6. The largest absolute Gasteiger partial charge is 0.371 e. The van der Waals surface area contributed by atoms with Crippen LogP contribution in [-0.2, 0) is 9.59 Å².